The Balaban J connectivity index is 1.25. The summed E-state index contributed by atoms with van der Waals surface area (Å²) in [5.41, 5.74) is 8.01. The minimum Gasteiger partial charge on any atom is -0.456 e. The van der Waals surface area contributed by atoms with Gasteiger partial charge >= 0.3 is 6.01 Å². The Bertz CT molecular complexity index is 2500. The molecule has 5 aromatic carbocycles. The molecule has 0 spiro atoms. The first-order valence-electron chi connectivity index (χ1n) is 14.3. The number of aromatic nitrogens is 2. The second kappa shape index (κ2) is 8.02. The van der Waals surface area contributed by atoms with Crippen LogP contribution in [-0.4, -0.2) is 15.6 Å². The lowest BCUT2D eigenvalue weighted by molar-refractivity contribution is 0.582. The minimum atomic E-state index is 0.00585. The van der Waals surface area contributed by atoms with Crippen molar-refractivity contribution in [2.24, 2.45) is 0 Å². The van der Waals surface area contributed by atoms with Crippen molar-refractivity contribution < 1.29 is 8.83 Å². The van der Waals surface area contributed by atoms with Crippen LogP contribution in [0.25, 0.3) is 61.8 Å². The van der Waals surface area contributed by atoms with E-state index >= 15 is 0 Å². The molecule has 0 N–H and O–H groups in total. The first-order valence-corrected chi connectivity index (χ1v) is 14.3. The van der Waals surface area contributed by atoms with E-state index in [0.717, 1.165) is 44.4 Å². The monoisotopic (exact) mass is 541 g/mol. The van der Waals surface area contributed by atoms with Crippen molar-refractivity contribution in [3.05, 3.63) is 131 Å². The second-order valence-electron chi connectivity index (χ2n) is 11.1. The van der Waals surface area contributed by atoms with Crippen molar-refractivity contribution in [2.75, 3.05) is 4.90 Å². The van der Waals surface area contributed by atoms with Gasteiger partial charge in [0.2, 0.25) is 0 Å². The van der Waals surface area contributed by atoms with Crippen LogP contribution in [0.4, 0.5) is 11.7 Å². The number of oxazole rings is 1. The molecular weight excluding hydrogens is 518 g/mol. The average molecular weight is 542 g/mol. The maximum absolute atomic E-state index is 6.58. The van der Waals surface area contributed by atoms with Gasteiger partial charge in [0.05, 0.1) is 22.3 Å². The van der Waals surface area contributed by atoms with Crippen molar-refractivity contribution in [1.29, 1.82) is 0 Å². The molecule has 42 heavy (non-hydrogen) atoms. The zero-order valence-corrected chi connectivity index (χ0v) is 22.4. The number of anilines is 2. The van der Waals surface area contributed by atoms with E-state index in [-0.39, 0.29) is 12.0 Å². The smallest absolute Gasteiger partial charge is 0.303 e. The largest absolute Gasteiger partial charge is 0.456 e. The van der Waals surface area contributed by atoms with Crippen LogP contribution in [0.1, 0.15) is 11.5 Å². The summed E-state index contributed by atoms with van der Waals surface area (Å²) in [5.74, 6) is 0.161. The lowest BCUT2D eigenvalue weighted by atomic mass is 9.90. The van der Waals surface area contributed by atoms with Gasteiger partial charge in [-0.05, 0) is 54.1 Å². The molecule has 5 heteroatoms. The van der Waals surface area contributed by atoms with Crippen LogP contribution in [0.5, 0.6) is 0 Å². The summed E-state index contributed by atoms with van der Waals surface area (Å²) in [7, 11) is 0. The van der Waals surface area contributed by atoms with Gasteiger partial charge in [0.25, 0.3) is 0 Å². The van der Waals surface area contributed by atoms with E-state index < -0.39 is 0 Å². The van der Waals surface area contributed by atoms with Gasteiger partial charge in [0.1, 0.15) is 16.7 Å². The van der Waals surface area contributed by atoms with Crippen LogP contribution in [0, 0.1) is 0 Å². The molecule has 1 aliphatic carbocycles. The number of hydrogen-bond donors (Lipinski definition) is 0. The number of para-hydroxylation sites is 4. The van der Waals surface area contributed by atoms with Crippen LogP contribution in [0.15, 0.2) is 124 Å². The van der Waals surface area contributed by atoms with Crippen LogP contribution < -0.4 is 15.5 Å². The van der Waals surface area contributed by atoms with E-state index in [2.05, 4.69) is 107 Å². The van der Waals surface area contributed by atoms with Crippen LogP contribution in [0.3, 0.4) is 0 Å². The van der Waals surface area contributed by atoms with E-state index in [4.69, 9.17) is 13.8 Å². The average Bonchev–Trinajstić information content (AvgIpc) is 3.79. The highest BCUT2D eigenvalue weighted by atomic mass is 16.4. The summed E-state index contributed by atoms with van der Waals surface area (Å²) in [6.07, 6.45) is 4.86. The normalized spacial score (nSPS) is 17.4. The van der Waals surface area contributed by atoms with Crippen molar-refractivity contribution in [1.82, 2.24) is 9.55 Å². The topological polar surface area (TPSA) is 47.3 Å². The van der Waals surface area contributed by atoms with Gasteiger partial charge < -0.3 is 13.4 Å². The summed E-state index contributed by atoms with van der Waals surface area (Å²) >= 11 is 0. The second-order valence-corrected chi connectivity index (χ2v) is 11.1. The number of benzene rings is 5. The molecule has 3 aromatic heterocycles. The summed E-state index contributed by atoms with van der Waals surface area (Å²) in [5, 5.41) is 5.77. The van der Waals surface area contributed by atoms with Gasteiger partial charge in [-0.15, -0.1) is 0 Å². The maximum Gasteiger partial charge on any atom is 0.303 e. The fourth-order valence-electron chi connectivity index (χ4n) is 7.20. The molecule has 2 unspecified atom stereocenters. The quantitative estimate of drug-likeness (QED) is 0.227. The molecule has 5 nitrogen and oxygen atoms in total. The highest BCUT2D eigenvalue weighted by Crippen LogP contribution is 2.48. The molecular formula is C37H23N3O2. The predicted molar refractivity (Wildman–Crippen MR) is 168 cm³/mol. The van der Waals surface area contributed by atoms with Crippen LogP contribution in [-0.2, 0) is 0 Å². The number of hydrogen-bond acceptors (Lipinski definition) is 4. The van der Waals surface area contributed by atoms with E-state index in [1.807, 2.05) is 30.3 Å². The minimum absolute atomic E-state index is 0.00585. The molecule has 10 rings (SSSR count). The van der Waals surface area contributed by atoms with Gasteiger partial charge in [0.15, 0.2) is 5.58 Å². The molecule has 2 aliphatic rings. The molecule has 0 radical (unpaired) electrons. The number of furan rings is 1. The molecule has 198 valence electrons. The molecule has 8 aromatic rings. The van der Waals surface area contributed by atoms with Gasteiger partial charge in [0, 0.05) is 33.3 Å². The van der Waals surface area contributed by atoms with Gasteiger partial charge in [-0.25, -0.2) is 0 Å². The Morgan fingerprint density at radius 2 is 1.38 bits per heavy atom. The fraction of sp³-hybridized carbons (Fsp3) is 0.0541. The molecule has 0 fully saturated rings. The summed E-state index contributed by atoms with van der Waals surface area (Å²) in [4.78, 5) is 7.45. The first-order chi connectivity index (χ1) is 20.8. The molecule has 0 saturated heterocycles. The summed E-state index contributed by atoms with van der Waals surface area (Å²) in [6, 6.07) is 40.6. The zero-order valence-electron chi connectivity index (χ0n) is 22.4. The molecule has 4 heterocycles. The van der Waals surface area contributed by atoms with Gasteiger partial charge in [-0.3, -0.25) is 4.90 Å². The predicted octanol–water partition coefficient (Wildman–Crippen LogP) is 7.55. The van der Waals surface area contributed by atoms with Crippen LogP contribution in [0.2, 0.25) is 0 Å². The highest BCUT2D eigenvalue weighted by molar-refractivity contribution is 6.16. The molecule has 0 saturated carbocycles. The van der Waals surface area contributed by atoms with Gasteiger partial charge in [-0.2, -0.15) is 4.98 Å². The lowest BCUT2D eigenvalue weighted by Crippen LogP contribution is -2.40. The third-order valence-electron chi connectivity index (χ3n) is 8.96. The SMILES string of the molecule is C1=c2c(n(-c3ccccc3)c3ccccc23)=CC2C1c1ccccc1N2c1nc2c(ccc3oc4ccccc4c32)o1. The van der Waals surface area contributed by atoms with E-state index in [9.17, 15) is 0 Å². The van der Waals surface area contributed by atoms with E-state index in [1.54, 1.807) is 0 Å². The summed E-state index contributed by atoms with van der Waals surface area (Å²) < 4.78 is 15.1. The number of fused-ring (bicyclic) bond motifs is 11. The summed E-state index contributed by atoms with van der Waals surface area (Å²) in [6.45, 7) is 0. The molecule has 1 aliphatic heterocycles. The highest BCUT2D eigenvalue weighted by Gasteiger charge is 2.41. The zero-order chi connectivity index (χ0) is 27.4. The molecule has 0 bridgehead atoms. The van der Waals surface area contributed by atoms with Crippen molar-refractivity contribution in [3.8, 4) is 5.69 Å². The maximum atomic E-state index is 6.58. The first kappa shape index (κ1) is 22.2. The Hall–Kier alpha value is -5.55. The lowest BCUT2D eigenvalue weighted by Gasteiger charge is -2.25. The standard InChI is InChI=1S/C37H23N3O2/c1-2-10-22(11-3-1)39-28-15-7-4-12-23(28)26-20-27-24-13-5-8-16-29(24)40(31(27)21-30(26)39)37-38-36-34(42-37)19-18-33-35(36)25-14-6-9-17-32(25)41-33/h1-21,27,31H. The van der Waals surface area contributed by atoms with Crippen molar-refractivity contribution >= 4 is 67.8 Å². The molecule has 0 amide bonds. The number of rotatable bonds is 2. The fourth-order valence-corrected chi connectivity index (χ4v) is 7.20. The Morgan fingerprint density at radius 3 is 2.31 bits per heavy atom. The Labute approximate surface area is 239 Å². The van der Waals surface area contributed by atoms with Crippen molar-refractivity contribution in [2.45, 2.75) is 12.0 Å². The van der Waals surface area contributed by atoms with E-state index in [1.165, 1.54) is 27.0 Å². The number of nitrogens with zero attached hydrogens (tertiary/aromatic N) is 3. The molecule has 2 atom stereocenters. The van der Waals surface area contributed by atoms with Crippen molar-refractivity contribution in [3.63, 3.8) is 0 Å². The Kier molecular flexibility index (Phi) is 4.23. The third kappa shape index (κ3) is 2.84. The van der Waals surface area contributed by atoms with Crippen LogP contribution >= 0.6 is 0 Å². The third-order valence-corrected chi connectivity index (χ3v) is 8.96. The van der Waals surface area contributed by atoms with Gasteiger partial charge in [-0.1, -0.05) is 78.9 Å². The van der Waals surface area contributed by atoms with E-state index in [0.29, 0.717) is 6.01 Å². The Morgan fingerprint density at radius 1 is 0.619 bits per heavy atom.